The molecule has 0 fully saturated rings. The molecule has 0 aromatic carbocycles. The van der Waals surface area contributed by atoms with E-state index in [0.29, 0.717) is 12.3 Å². The minimum atomic E-state index is 0.115. The van der Waals surface area contributed by atoms with Gasteiger partial charge in [-0.25, -0.2) is 0 Å². The first-order chi connectivity index (χ1) is 6.75. The average Bonchev–Trinajstić information content (AvgIpc) is 2.45. The SMILES string of the molecule is CC(CCN)C(=O)C1=CCCCCC1. The lowest BCUT2D eigenvalue weighted by Gasteiger charge is -2.11. The Hall–Kier alpha value is -0.630. The molecule has 1 unspecified atom stereocenters. The predicted molar refractivity (Wildman–Crippen MR) is 59.0 cm³/mol. The lowest BCUT2D eigenvalue weighted by atomic mass is 9.94. The number of carbonyl (C=O) groups is 1. The quantitative estimate of drug-likeness (QED) is 0.748. The van der Waals surface area contributed by atoms with Gasteiger partial charge in [0.25, 0.3) is 0 Å². The average molecular weight is 195 g/mol. The molecule has 2 heteroatoms. The van der Waals surface area contributed by atoms with Gasteiger partial charge >= 0.3 is 0 Å². The fourth-order valence-corrected chi connectivity index (χ4v) is 1.94. The summed E-state index contributed by atoms with van der Waals surface area (Å²) in [5.41, 5.74) is 6.51. The molecule has 0 heterocycles. The van der Waals surface area contributed by atoms with Gasteiger partial charge in [0.1, 0.15) is 0 Å². The van der Waals surface area contributed by atoms with Gasteiger partial charge in [0, 0.05) is 5.92 Å². The van der Waals surface area contributed by atoms with E-state index >= 15 is 0 Å². The molecular formula is C12H21NO. The van der Waals surface area contributed by atoms with E-state index in [1.807, 2.05) is 6.92 Å². The molecule has 2 nitrogen and oxygen atoms in total. The topological polar surface area (TPSA) is 43.1 Å². The zero-order valence-corrected chi connectivity index (χ0v) is 9.09. The Labute approximate surface area is 86.6 Å². The fourth-order valence-electron chi connectivity index (χ4n) is 1.94. The first kappa shape index (κ1) is 11.4. The van der Waals surface area contributed by atoms with Crippen LogP contribution < -0.4 is 5.73 Å². The number of Topliss-reactive ketones (excluding diaryl/α,β-unsaturated/α-hetero) is 1. The van der Waals surface area contributed by atoms with Crippen LogP contribution in [0.5, 0.6) is 0 Å². The van der Waals surface area contributed by atoms with Gasteiger partial charge in [-0.3, -0.25) is 4.79 Å². The summed E-state index contributed by atoms with van der Waals surface area (Å²) in [7, 11) is 0. The van der Waals surface area contributed by atoms with Crippen molar-refractivity contribution >= 4 is 5.78 Å². The van der Waals surface area contributed by atoms with Gasteiger partial charge in [-0.1, -0.05) is 19.4 Å². The summed E-state index contributed by atoms with van der Waals surface area (Å²) >= 11 is 0. The Balaban J connectivity index is 2.53. The van der Waals surface area contributed by atoms with Crippen molar-refractivity contribution in [3.8, 4) is 0 Å². The first-order valence-electron chi connectivity index (χ1n) is 5.69. The van der Waals surface area contributed by atoms with Gasteiger partial charge in [0.05, 0.1) is 0 Å². The third-order valence-electron chi connectivity index (χ3n) is 2.90. The van der Waals surface area contributed by atoms with Crippen molar-refractivity contribution in [2.75, 3.05) is 6.54 Å². The van der Waals surface area contributed by atoms with Gasteiger partial charge in [-0.05, 0) is 44.2 Å². The Morgan fingerprint density at radius 2 is 2.29 bits per heavy atom. The second-order valence-electron chi connectivity index (χ2n) is 4.17. The maximum absolute atomic E-state index is 11.9. The van der Waals surface area contributed by atoms with Crippen LogP contribution in [0.4, 0.5) is 0 Å². The molecule has 80 valence electrons. The third kappa shape index (κ3) is 3.26. The number of allylic oxidation sites excluding steroid dienone is 2. The third-order valence-corrected chi connectivity index (χ3v) is 2.90. The molecular weight excluding hydrogens is 174 g/mol. The van der Waals surface area contributed by atoms with Crippen LogP contribution in [0.2, 0.25) is 0 Å². The largest absolute Gasteiger partial charge is 0.330 e. The smallest absolute Gasteiger partial charge is 0.161 e. The second-order valence-corrected chi connectivity index (χ2v) is 4.17. The Bertz CT molecular complexity index is 220. The minimum absolute atomic E-state index is 0.115. The molecule has 0 aromatic heterocycles. The van der Waals surface area contributed by atoms with Gasteiger partial charge in [0.15, 0.2) is 5.78 Å². The molecule has 0 aliphatic heterocycles. The molecule has 0 bridgehead atoms. The van der Waals surface area contributed by atoms with Crippen molar-refractivity contribution in [3.05, 3.63) is 11.6 Å². The predicted octanol–water partition coefficient (Wildman–Crippen LogP) is 2.43. The maximum atomic E-state index is 11.9. The molecule has 1 aliphatic carbocycles. The first-order valence-corrected chi connectivity index (χ1v) is 5.69. The van der Waals surface area contributed by atoms with E-state index in [4.69, 9.17) is 5.73 Å². The molecule has 0 saturated heterocycles. The summed E-state index contributed by atoms with van der Waals surface area (Å²) in [6.07, 6.45) is 8.69. The molecule has 1 rings (SSSR count). The van der Waals surface area contributed by atoms with Crippen LogP contribution in [0, 0.1) is 5.92 Å². The maximum Gasteiger partial charge on any atom is 0.161 e. The highest BCUT2D eigenvalue weighted by Crippen LogP contribution is 2.21. The molecule has 1 aliphatic rings. The van der Waals surface area contributed by atoms with Crippen molar-refractivity contribution < 1.29 is 4.79 Å². The summed E-state index contributed by atoms with van der Waals surface area (Å²) < 4.78 is 0. The monoisotopic (exact) mass is 195 g/mol. The van der Waals surface area contributed by atoms with Crippen LogP contribution in [0.3, 0.4) is 0 Å². The number of hydrogen-bond donors (Lipinski definition) is 1. The van der Waals surface area contributed by atoms with Crippen LogP contribution in [-0.4, -0.2) is 12.3 Å². The minimum Gasteiger partial charge on any atom is -0.330 e. The summed E-state index contributed by atoms with van der Waals surface area (Å²) in [5, 5.41) is 0. The van der Waals surface area contributed by atoms with Gasteiger partial charge in [-0.2, -0.15) is 0 Å². The van der Waals surface area contributed by atoms with Crippen LogP contribution >= 0.6 is 0 Å². The zero-order valence-electron chi connectivity index (χ0n) is 9.09. The van der Waals surface area contributed by atoms with E-state index in [9.17, 15) is 4.79 Å². The number of rotatable bonds is 4. The van der Waals surface area contributed by atoms with Gasteiger partial charge in [0.2, 0.25) is 0 Å². The molecule has 0 spiro atoms. The van der Waals surface area contributed by atoms with Crippen LogP contribution in [0.1, 0.15) is 45.4 Å². The van der Waals surface area contributed by atoms with Crippen molar-refractivity contribution in [3.63, 3.8) is 0 Å². The number of ketones is 1. The van der Waals surface area contributed by atoms with E-state index in [2.05, 4.69) is 6.08 Å². The molecule has 2 N–H and O–H groups in total. The number of carbonyl (C=O) groups excluding carboxylic acids is 1. The van der Waals surface area contributed by atoms with Gasteiger partial charge < -0.3 is 5.73 Å². The van der Waals surface area contributed by atoms with Crippen LogP contribution in [0.15, 0.2) is 11.6 Å². The lowest BCUT2D eigenvalue weighted by Crippen LogP contribution is -2.17. The van der Waals surface area contributed by atoms with Crippen LogP contribution in [-0.2, 0) is 4.79 Å². The zero-order chi connectivity index (χ0) is 10.4. The molecule has 0 amide bonds. The standard InChI is InChI=1S/C12H21NO/c1-10(8-9-13)12(14)11-6-4-2-3-5-7-11/h6,10H,2-5,7-9,13H2,1H3. The summed E-state index contributed by atoms with van der Waals surface area (Å²) in [5.74, 6) is 0.446. The summed E-state index contributed by atoms with van der Waals surface area (Å²) in [4.78, 5) is 11.9. The lowest BCUT2D eigenvalue weighted by molar-refractivity contribution is -0.119. The van der Waals surface area contributed by atoms with E-state index in [0.717, 1.165) is 24.8 Å². The highest BCUT2D eigenvalue weighted by atomic mass is 16.1. The molecule has 0 saturated carbocycles. The molecule has 0 radical (unpaired) electrons. The van der Waals surface area contributed by atoms with E-state index in [-0.39, 0.29) is 5.92 Å². The summed E-state index contributed by atoms with van der Waals surface area (Å²) in [6, 6.07) is 0. The normalized spacial score (nSPS) is 19.7. The van der Waals surface area contributed by atoms with E-state index in [1.54, 1.807) is 0 Å². The van der Waals surface area contributed by atoms with Crippen molar-refractivity contribution in [1.29, 1.82) is 0 Å². The second kappa shape index (κ2) is 5.97. The van der Waals surface area contributed by atoms with Crippen LogP contribution in [0.25, 0.3) is 0 Å². The van der Waals surface area contributed by atoms with E-state index in [1.165, 1.54) is 19.3 Å². The fraction of sp³-hybridized carbons (Fsp3) is 0.750. The molecule has 1 atom stereocenters. The Morgan fingerprint density at radius 3 is 3.00 bits per heavy atom. The van der Waals surface area contributed by atoms with Crippen molar-refractivity contribution in [1.82, 2.24) is 0 Å². The molecule has 14 heavy (non-hydrogen) atoms. The van der Waals surface area contributed by atoms with Gasteiger partial charge in [-0.15, -0.1) is 0 Å². The summed E-state index contributed by atoms with van der Waals surface area (Å²) in [6.45, 7) is 2.60. The van der Waals surface area contributed by atoms with E-state index < -0.39 is 0 Å². The molecule has 0 aromatic rings. The number of nitrogens with two attached hydrogens (primary N) is 1. The number of hydrogen-bond acceptors (Lipinski definition) is 2. The highest BCUT2D eigenvalue weighted by molar-refractivity contribution is 5.96. The Morgan fingerprint density at radius 1 is 1.50 bits per heavy atom. The van der Waals surface area contributed by atoms with Crippen molar-refractivity contribution in [2.45, 2.75) is 45.4 Å². The highest BCUT2D eigenvalue weighted by Gasteiger charge is 2.17. The van der Waals surface area contributed by atoms with Crippen molar-refractivity contribution in [2.24, 2.45) is 11.7 Å². The Kier molecular flexibility index (Phi) is 4.88.